The number of likely N-dealkylation sites (N-methyl/N-ethyl adjacent to an activating group) is 1. The summed E-state index contributed by atoms with van der Waals surface area (Å²) in [6, 6.07) is 9.51. The van der Waals surface area contributed by atoms with Gasteiger partial charge >= 0.3 is 0 Å². The van der Waals surface area contributed by atoms with E-state index >= 15 is 0 Å². The first-order valence-electron chi connectivity index (χ1n) is 9.79. The molecular formula is C22H27N3O7. The summed E-state index contributed by atoms with van der Waals surface area (Å²) in [5.74, 6) is 0.405. The molecule has 0 atom stereocenters. The lowest BCUT2D eigenvalue weighted by molar-refractivity contribution is -0.123. The van der Waals surface area contributed by atoms with Gasteiger partial charge in [-0.05, 0) is 43.3 Å². The molecule has 0 radical (unpaired) electrons. The van der Waals surface area contributed by atoms with Crippen LogP contribution in [-0.4, -0.2) is 58.7 Å². The van der Waals surface area contributed by atoms with Gasteiger partial charge in [-0.2, -0.15) is 0 Å². The number of hydrogen-bond acceptors (Lipinski definition) is 7. The molecule has 32 heavy (non-hydrogen) atoms. The first kappa shape index (κ1) is 24.3. The van der Waals surface area contributed by atoms with Gasteiger partial charge in [0.05, 0.1) is 27.9 Å². The van der Waals surface area contributed by atoms with Crippen molar-refractivity contribution in [3.63, 3.8) is 0 Å². The first-order valence-corrected chi connectivity index (χ1v) is 9.79. The molecule has 3 N–H and O–H groups in total. The smallest absolute Gasteiger partial charge is 0.257 e. The number of methoxy groups -OCH3 is 3. The number of benzene rings is 2. The summed E-state index contributed by atoms with van der Waals surface area (Å²) in [5.41, 5.74) is 0.767. The van der Waals surface area contributed by atoms with Crippen LogP contribution in [0.1, 0.15) is 17.3 Å². The molecule has 10 heteroatoms. The van der Waals surface area contributed by atoms with Gasteiger partial charge in [0.2, 0.25) is 11.7 Å². The van der Waals surface area contributed by atoms with Crippen LogP contribution in [-0.2, 0) is 9.59 Å². The Hall–Kier alpha value is -3.95. The quantitative estimate of drug-likeness (QED) is 0.480. The summed E-state index contributed by atoms with van der Waals surface area (Å²) >= 11 is 0. The molecular weight excluding hydrogens is 418 g/mol. The van der Waals surface area contributed by atoms with E-state index in [1.54, 1.807) is 24.3 Å². The summed E-state index contributed by atoms with van der Waals surface area (Å²) in [7, 11) is 4.36. The highest BCUT2D eigenvalue weighted by atomic mass is 16.5. The summed E-state index contributed by atoms with van der Waals surface area (Å²) < 4.78 is 21.0. The highest BCUT2D eigenvalue weighted by molar-refractivity contribution is 6.00. The fraction of sp³-hybridized carbons (Fsp3) is 0.318. The van der Waals surface area contributed by atoms with E-state index in [0.29, 0.717) is 35.2 Å². The molecule has 0 aliphatic heterocycles. The fourth-order valence-corrected chi connectivity index (χ4v) is 2.71. The molecule has 0 aliphatic rings. The van der Waals surface area contributed by atoms with Crippen molar-refractivity contribution in [2.45, 2.75) is 6.92 Å². The SMILES string of the molecule is CCNC(=O)COc1ccc(NC(=O)CNC(=O)c2cc(OC)c(OC)c(OC)c2)cc1. The highest BCUT2D eigenvalue weighted by Crippen LogP contribution is 2.38. The zero-order valence-electron chi connectivity index (χ0n) is 18.4. The normalized spacial score (nSPS) is 10.0. The van der Waals surface area contributed by atoms with E-state index in [0.717, 1.165) is 0 Å². The van der Waals surface area contributed by atoms with E-state index in [1.165, 1.54) is 33.5 Å². The molecule has 0 saturated heterocycles. The van der Waals surface area contributed by atoms with Crippen molar-refractivity contribution in [1.82, 2.24) is 10.6 Å². The predicted octanol–water partition coefficient (Wildman–Crippen LogP) is 1.60. The van der Waals surface area contributed by atoms with Crippen molar-refractivity contribution >= 4 is 23.4 Å². The van der Waals surface area contributed by atoms with Crippen molar-refractivity contribution in [3.05, 3.63) is 42.0 Å². The van der Waals surface area contributed by atoms with Crippen molar-refractivity contribution < 1.29 is 33.3 Å². The van der Waals surface area contributed by atoms with E-state index < -0.39 is 11.8 Å². The van der Waals surface area contributed by atoms with Crippen LogP contribution in [0.25, 0.3) is 0 Å². The summed E-state index contributed by atoms with van der Waals surface area (Å²) in [6.07, 6.45) is 0. The van der Waals surface area contributed by atoms with Gasteiger partial charge in [-0.1, -0.05) is 0 Å². The Kier molecular flexibility index (Phi) is 9.15. The number of rotatable bonds is 11. The number of carbonyl (C=O) groups excluding carboxylic acids is 3. The van der Waals surface area contributed by atoms with Crippen LogP contribution >= 0.6 is 0 Å². The van der Waals surface area contributed by atoms with Crippen molar-refractivity contribution in [1.29, 1.82) is 0 Å². The Bertz CT molecular complexity index is 920. The summed E-state index contributed by atoms with van der Waals surface area (Å²) in [4.78, 5) is 36.1. The van der Waals surface area contributed by atoms with Crippen LogP contribution in [0, 0.1) is 0 Å². The average Bonchev–Trinajstić information content (AvgIpc) is 2.81. The second kappa shape index (κ2) is 12.0. The van der Waals surface area contributed by atoms with Gasteiger partial charge < -0.3 is 34.9 Å². The minimum atomic E-state index is -0.478. The summed E-state index contributed by atoms with van der Waals surface area (Å²) in [5, 5.41) is 7.84. The monoisotopic (exact) mass is 445 g/mol. The molecule has 0 aromatic heterocycles. The van der Waals surface area contributed by atoms with Crippen molar-refractivity contribution in [3.8, 4) is 23.0 Å². The maximum Gasteiger partial charge on any atom is 0.257 e. The lowest BCUT2D eigenvalue weighted by atomic mass is 10.1. The minimum absolute atomic E-state index is 0.0908. The lowest BCUT2D eigenvalue weighted by Gasteiger charge is -2.14. The van der Waals surface area contributed by atoms with Crippen LogP contribution in [0.2, 0.25) is 0 Å². The number of nitrogens with one attached hydrogen (secondary N) is 3. The third kappa shape index (κ3) is 6.79. The molecule has 172 valence electrons. The largest absolute Gasteiger partial charge is 0.493 e. The molecule has 2 aromatic rings. The number of amides is 3. The maximum atomic E-state index is 12.5. The maximum absolute atomic E-state index is 12.5. The molecule has 3 amide bonds. The van der Waals surface area contributed by atoms with E-state index in [-0.39, 0.29) is 24.6 Å². The molecule has 0 heterocycles. The molecule has 10 nitrogen and oxygen atoms in total. The van der Waals surface area contributed by atoms with Gasteiger partial charge in [0.25, 0.3) is 11.8 Å². The molecule has 2 rings (SSSR count). The summed E-state index contributed by atoms with van der Waals surface area (Å²) in [6.45, 7) is 2.02. The molecule has 0 aliphatic carbocycles. The molecule has 0 spiro atoms. The standard InChI is InChI=1S/C22H27N3O7/c1-5-23-20(27)13-32-16-8-6-15(7-9-16)25-19(26)12-24-22(28)14-10-17(29-2)21(31-4)18(11-14)30-3/h6-11H,5,12-13H2,1-4H3,(H,23,27)(H,24,28)(H,25,26). The molecule has 0 bridgehead atoms. The molecule has 0 saturated carbocycles. The Morgan fingerprint density at radius 1 is 0.844 bits per heavy atom. The van der Waals surface area contributed by atoms with Crippen molar-refractivity contribution in [2.24, 2.45) is 0 Å². The van der Waals surface area contributed by atoms with Gasteiger partial charge in [0.15, 0.2) is 18.1 Å². The second-order valence-corrected chi connectivity index (χ2v) is 6.41. The van der Waals surface area contributed by atoms with E-state index in [2.05, 4.69) is 16.0 Å². The Morgan fingerprint density at radius 3 is 2.00 bits per heavy atom. The first-order chi connectivity index (χ1) is 15.4. The van der Waals surface area contributed by atoms with Gasteiger partial charge in [-0.3, -0.25) is 14.4 Å². The van der Waals surface area contributed by atoms with Crippen LogP contribution in [0.3, 0.4) is 0 Å². The van der Waals surface area contributed by atoms with Gasteiger partial charge in [0, 0.05) is 17.8 Å². The zero-order valence-corrected chi connectivity index (χ0v) is 18.4. The fourth-order valence-electron chi connectivity index (χ4n) is 2.71. The van der Waals surface area contributed by atoms with Crippen molar-refractivity contribution in [2.75, 3.05) is 46.3 Å². The zero-order chi connectivity index (χ0) is 23.5. The van der Waals surface area contributed by atoms with E-state index in [9.17, 15) is 14.4 Å². The molecule has 0 unspecified atom stereocenters. The Balaban J connectivity index is 1.90. The number of hydrogen-bond donors (Lipinski definition) is 3. The van der Waals surface area contributed by atoms with Crippen LogP contribution in [0.15, 0.2) is 36.4 Å². The Morgan fingerprint density at radius 2 is 1.47 bits per heavy atom. The molecule has 0 fully saturated rings. The second-order valence-electron chi connectivity index (χ2n) is 6.41. The number of carbonyl (C=O) groups is 3. The average molecular weight is 445 g/mol. The minimum Gasteiger partial charge on any atom is -0.493 e. The topological polar surface area (TPSA) is 124 Å². The van der Waals surface area contributed by atoms with Gasteiger partial charge in [0.1, 0.15) is 5.75 Å². The number of ether oxygens (including phenoxy) is 4. The third-order valence-corrected chi connectivity index (χ3v) is 4.22. The van der Waals surface area contributed by atoms with Crippen LogP contribution in [0.5, 0.6) is 23.0 Å². The predicted molar refractivity (Wildman–Crippen MR) is 118 cm³/mol. The van der Waals surface area contributed by atoms with Gasteiger partial charge in [-0.25, -0.2) is 0 Å². The van der Waals surface area contributed by atoms with Crippen LogP contribution < -0.4 is 34.9 Å². The lowest BCUT2D eigenvalue weighted by Crippen LogP contribution is -2.32. The highest BCUT2D eigenvalue weighted by Gasteiger charge is 2.17. The van der Waals surface area contributed by atoms with E-state index in [1.807, 2.05) is 6.92 Å². The molecule has 2 aromatic carbocycles. The van der Waals surface area contributed by atoms with Crippen LogP contribution in [0.4, 0.5) is 5.69 Å². The third-order valence-electron chi connectivity index (χ3n) is 4.22. The van der Waals surface area contributed by atoms with Gasteiger partial charge in [-0.15, -0.1) is 0 Å². The Labute approximate surface area is 186 Å². The van der Waals surface area contributed by atoms with E-state index in [4.69, 9.17) is 18.9 Å². The number of anilines is 1.